The first-order chi connectivity index (χ1) is 12.3. The average Bonchev–Trinajstić information content (AvgIpc) is 2.95. The zero-order valence-corrected chi connectivity index (χ0v) is 15.1. The highest BCUT2D eigenvalue weighted by atomic mass is 16.5. The van der Waals surface area contributed by atoms with Crippen LogP contribution in [0.15, 0.2) is 12.1 Å². The van der Waals surface area contributed by atoms with Crippen molar-refractivity contribution >= 4 is 16.6 Å². The molecule has 1 N–H and O–H groups in total. The van der Waals surface area contributed by atoms with Crippen LogP contribution in [-0.4, -0.2) is 38.5 Å². The fourth-order valence-corrected chi connectivity index (χ4v) is 3.98. The molecule has 0 saturated carbocycles. The molecule has 5 heteroatoms. The number of rotatable bonds is 4. The van der Waals surface area contributed by atoms with Gasteiger partial charge in [0.2, 0.25) is 0 Å². The van der Waals surface area contributed by atoms with Gasteiger partial charge in [0.1, 0.15) is 0 Å². The molecule has 0 radical (unpaired) electrons. The van der Waals surface area contributed by atoms with Crippen molar-refractivity contribution in [2.45, 2.75) is 44.6 Å². The third-order valence-corrected chi connectivity index (χ3v) is 5.28. The van der Waals surface area contributed by atoms with Gasteiger partial charge in [-0.05, 0) is 50.2 Å². The first kappa shape index (κ1) is 16.5. The van der Waals surface area contributed by atoms with Gasteiger partial charge in [-0.25, -0.2) is 0 Å². The van der Waals surface area contributed by atoms with Gasteiger partial charge in [-0.3, -0.25) is 4.98 Å². The maximum Gasteiger partial charge on any atom is 0.162 e. The smallest absolute Gasteiger partial charge is 0.162 e. The molecule has 1 aliphatic heterocycles. The molecule has 25 heavy (non-hydrogen) atoms. The van der Waals surface area contributed by atoms with E-state index in [2.05, 4.69) is 11.4 Å². The number of nitrogens with one attached hydrogen (secondary N) is 1. The molecule has 1 aliphatic carbocycles. The molecule has 1 aromatic carbocycles. The molecular weight excluding hydrogens is 316 g/mol. The number of nitrogens with zero attached hydrogens (tertiary/aromatic N) is 1. The van der Waals surface area contributed by atoms with Crippen LogP contribution in [0.25, 0.3) is 10.9 Å². The van der Waals surface area contributed by atoms with Crippen LogP contribution < -0.4 is 14.8 Å². The van der Waals surface area contributed by atoms with Crippen LogP contribution in [0.2, 0.25) is 0 Å². The van der Waals surface area contributed by atoms with E-state index in [1.165, 1.54) is 29.8 Å². The van der Waals surface area contributed by atoms with Crippen LogP contribution >= 0.6 is 0 Å². The van der Waals surface area contributed by atoms with Crippen LogP contribution in [0.1, 0.15) is 36.9 Å². The van der Waals surface area contributed by atoms with Crippen molar-refractivity contribution in [3.63, 3.8) is 0 Å². The second-order valence-electron chi connectivity index (χ2n) is 6.90. The molecule has 0 bridgehead atoms. The lowest BCUT2D eigenvalue weighted by molar-refractivity contribution is 0.138. The summed E-state index contributed by atoms with van der Waals surface area (Å²) >= 11 is 0. The molecule has 0 spiro atoms. The van der Waals surface area contributed by atoms with Crippen LogP contribution in [-0.2, 0) is 17.6 Å². The molecule has 134 valence electrons. The van der Waals surface area contributed by atoms with Gasteiger partial charge in [-0.2, -0.15) is 0 Å². The molecule has 1 fully saturated rings. The highest BCUT2D eigenvalue weighted by molar-refractivity contribution is 5.96. The Kier molecular flexibility index (Phi) is 4.66. The Morgan fingerprint density at radius 1 is 1.08 bits per heavy atom. The summed E-state index contributed by atoms with van der Waals surface area (Å²) < 4.78 is 16.8. The third-order valence-electron chi connectivity index (χ3n) is 5.28. The van der Waals surface area contributed by atoms with E-state index in [0.29, 0.717) is 6.04 Å². The molecule has 0 unspecified atom stereocenters. The summed E-state index contributed by atoms with van der Waals surface area (Å²) in [5, 5.41) is 4.91. The Morgan fingerprint density at radius 2 is 1.92 bits per heavy atom. The summed E-state index contributed by atoms with van der Waals surface area (Å²) in [6.07, 6.45) is 6.81. The van der Waals surface area contributed by atoms with Crippen molar-refractivity contribution in [2.24, 2.45) is 0 Å². The van der Waals surface area contributed by atoms with Gasteiger partial charge in [0, 0.05) is 35.5 Å². The molecule has 1 atom stereocenters. The lowest BCUT2D eigenvalue weighted by atomic mass is 10.0. The number of ether oxygens (including phenoxy) is 3. The summed E-state index contributed by atoms with van der Waals surface area (Å²) in [5.74, 6) is 1.47. The Bertz CT molecular complexity index is 767. The van der Waals surface area contributed by atoms with Gasteiger partial charge in [-0.1, -0.05) is 0 Å². The SMILES string of the molecule is COc1cc2nc3c(c(N[C@H]4CCCCOC4)c2cc1OC)CCC3. The standard InChI is InChI=1S/C20H26N2O3/c1-23-18-10-15-17(11-19(18)24-2)22-16-8-5-7-14(16)20(15)21-13-6-3-4-9-25-12-13/h10-11,13H,3-9,12H2,1-2H3,(H,21,22)/t13-/m0/s1. The van der Waals surface area contributed by atoms with Crippen LogP contribution in [0.5, 0.6) is 11.5 Å². The molecular formula is C20H26N2O3. The zero-order chi connectivity index (χ0) is 17.2. The molecule has 2 aromatic rings. The van der Waals surface area contributed by atoms with E-state index in [-0.39, 0.29) is 0 Å². The van der Waals surface area contributed by atoms with Crippen molar-refractivity contribution in [2.75, 3.05) is 32.8 Å². The fourth-order valence-electron chi connectivity index (χ4n) is 3.98. The average molecular weight is 342 g/mol. The Hall–Kier alpha value is -2.01. The topological polar surface area (TPSA) is 52.6 Å². The highest BCUT2D eigenvalue weighted by Crippen LogP contribution is 2.40. The molecule has 0 amide bonds. The predicted octanol–water partition coefficient (Wildman–Crippen LogP) is 3.72. The van der Waals surface area contributed by atoms with Gasteiger partial charge in [0.05, 0.1) is 26.3 Å². The Labute approximate surface area is 148 Å². The number of fused-ring (bicyclic) bond motifs is 2. The molecule has 5 nitrogen and oxygen atoms in total. The summed E-state index contributed by atoms with van der Waals surface area (Å²) in [6, 6.07) is 4.40. The van der Waals surface area contributed by atoms with Crippen LogP contribution in [0.3, 0.4) is 0 Å². The quantitative estimate of drug-likeness (QED) is 0.918. The normalized spacial score (nSPS) is 20.2. The molecule has 1 saturated heterocycles. The molecule has 1 aromatic heterocycles. The number of aromatic nitrogens is 1. The fraction of sp³-hybridized carbons (Fsp3) is 0.550. The second kappa shape index (κ2) is 7.08. The number of aryl methyl sites for hydroxylation is 1. The van der Waals surface area contributed by atoms with Crippen LogP contribution in [0, 0.1) is 0 Å². The predicted molar refractivity (Wildman–Crippen MR) is 99.0 cm³/mol. The molecule has 4 rings (SSSR count). The molecule has 2 heterocycles. The summed E-state index contributed by atoms with van der Waals surface area (Å²) in [6.45, 7) is 1.64. The van der Waals surface area contributed by atoms with Crippen LogP contribution in [0.4, 0.5) is 5.69 Å². The summed E-state index contributed by atoms with van der Waals surface area (Å²) in [4.78, 5) is 4.91. The maximum atomic E-state index is 5.77. The Morgan fingerprint density at radius 3 is 2.76 bits per heavy atom. The monoisotopic (exact) mass is 342 g/mol. The van der Waals surface area contributed by atoms with E-state index in [9.17, 15) is 0 Å². The van der Waals surface area contributed by atoms with Crippen molar-refractivity contribution in [3.05, 3.63) is 23.4 Å². The zero-order valence-electron chi connectivity index (χ0n) is 15.1. The number of methoxy groups -OCH3 is 2. The van der Waals surface area contributed by atoms with Gasteiger partial charge in [-0.15, -0.1) is 0 Å². The highest BCUT2D eigenvalue weighted by Gasteiger charge is 2.23. The lowest BCUT2D eigenvalue weighted by Gasteiger charge is -2.22. The van der Waals surface area contributed by atoms with E-state index in [4.69, 9.17) is 19.2 Å². The second-order valence-corrected chi connectivity index (χ2v) is 6.90. The number of hydrogen-bond acceptors (Lipinski definition) is 5. The van der Waals surface area contributed by atoms with E-state index < -0.39 is 0 Å². The summed E-state index contributed by atoms with van der Waals surface area (Å²) in [7, 11) is 3.34. The van der Waals surface area contributed by atoms with Crippen molar-refractivity contribution < 1.29 is 14.2 Å². The van der Waals surface area contributed by atoms with Crippen molar-refractivity contribution in [1.82, 2.24) is 4.98 Å². The minimum Gasteiger partial charge on any atom is -0.493 e. The lowest BCUT2D eigenvalue weighted by Crippen LogP contribution is -2.25. The van der Waals surface area contributed by atoms with E-state index in [1.54, 1.807) is 14.2 Å². The minimum absolute atomic E-state index is 0.353. The van der Waals surface area contributed by atoms with Gasteiger partial charge < -0.3 is 19.5 Å². The van der Waals surface area contributed by atoms with Gasteiger partial charge >= 0.3 is 0 Å². The van der Waals surface area contributed by atoms with Gasteiger partial charge in [0.25, 0.3) is 0 Å². The number of hydrogen-bond donors (Lipinski definition) is 1. The largest absolute Gasteiger partial charge is 0.493 e. The minimum atomic E-state index is 0.353. The third kappa shape index (κ3) is 3.13. The van der Waals surface area contributed by atoms with Gasteiger partial charge in [0.15, 0.2) is 11.5 Å². The first-order valence-electron chi connectivity index (χ1n) is 9.22. The van der Waals surface area contributed by atoms with Crippen molar-refractivity contribution in [1.29, 1.82) is 0 Å². The van der Waals surface area contributed by atoms with E-state index in [0.717, 1.165) is 61.3 Å². The van der Waals surface area contributed by atoms with E-state index >= 15 is 0 Å². The van der Waals surface area contributed by atoms with Crippen molar-refractivity contribution in [3.8, 4) is 11.5 Å². The first-order valence-corrected chi connectivity index (χ1v) is 9.22. The number of pyridine rings is 1. The molecule has 2 aliphatic rings. The maximum absolute atomic E-state index is 5.77. The van der Waals surface area contributed by atoms with E-state index in [1.807, 2.05) is 6.07 Å². The number of benzene rings is 1. The summed E-state index contributed by atoms with van der Waals surface area (Å²) in [5.41, 5.74) is 4.77. The Balaban J connectivity index is 1.82. The number of anilines is 1.